The van der Waals surface area contributed by atoms with E-state index in [1.165, 1.54) is 0 Å². The molecule has 2 N–H and O–H groups in total. The van der Waals surface area contributed by atoms with Crippen molar-refractivity contribution in [3.05, 3.63) is 57.5 Å². The first-order chi connectivity index (χ1) is 17.4. The Morgan fingerprint density at radius 3 is 2.50 bits per heavy atom. The minimum atomic E-state index is -0.477. The standard InChI is InChI=1S/C25H25N5O5S/c1-14-8-15(2)10-18(9-14)27-21(31)16-4-3-7-30(12-16)25(33)24-29-28-23(36-24)22(32)26-17-5-6-19-20(11-17)35-13-34-19/h5-6,8-11,16H,3-4,7,12-13H2,1-2H3,(H,26,32)(H,27,31)/t16-/m0/s1. The van der Waals surface area contributed by atoms with Crippen molar-refractivity contribution in [2.75, 3.05) is 30.5 Å². The number of hydrogen-bond donors (Lipinski definition) is 2. The number of rotatable bonds is 5. The van der Waals surface area contributed by atoms with Crippen LogP contribution < -0.4 is 20.1 Å². The molecule has 2 aromatic carbocycles. The van der Waals surface area contributed by atoms with E-state index in [2.05, 4.69) is 20.8 Å². The van der Waals surface area contributed by atoms with Crippen molar-refractivity contribution >= 4 is 40.4 Å². The van der Waals surface area contributed by atoms with Gasteiger partial charge in [-0.1, -0.05) is 17.4 Å². The van der Waals surface area contributed by atoms with Crippen LogP contribution in [0.2, 0.25) is 0 Å². The van der Waals surface area contributed by atoms with Crippen LogP contribution in [0.3, 0.4) is 0 Å². The molecule has 1 aromatic heterocycles. The molecule has 0 saturated carbocycles. The highest BCUT2D eigenvalue weighted by molar-refractivity contribution is 7.15. The number of anilines is 2. The Balaban J connectivity index is 1.21. The third-order valence-electron chi connectivity index (χ3n) is 6.00. The summed E-state index contributed by atoms with van der Waals surface area (Å²) in [6, 6.07) is 10.9. The van der Waals surface area contributed by atoms with Crippen LogP contribution in [0, 0.1) is 19.8 Å². The Labute approximate surface area is 211 Å². The maximum Gasteiger partial charge on any atom is 0.286 e. The van der Waals surface area contributed by atoms with Gasteiger partial charge in [0.05, 0.1) is 5.92 Å². The minimum absolute atomic E-state index is 0.0668. The van der Waals surface area contributed by atoms with Gasteiger partial charge in [0.25, 0.3) is 11.8 Å². The topological polar surface area (TPSA) is 123 Å². The number of amides is 3. The maximum atomic E-state index is 13.1. The normalized spacial score (nSPS) is 16.5. The number of likely N-dealkylation sites (tertiary alicyclic amines) is 1. The fourth-order valence-electron chi connectivity index (χ4n) is 4.36. The largest absolute Gasteiger partial charge is 0.454 e. The average molecular weight is 508 g/mol. The van der Waals surface area contributed by atoms with Crippen LogP contribution >= 0.6 is 11.3 Å². The molecule has 0 aliphatic carbocycles. The van der Waals surface area contributed by atoms with Gasteiger partial charge in [-0.15, -0.1) is 10.2 Å². The second-order valence-corrected chi connectivity index (χ2v) is 9.87. The van der Waals surface area contributed by atoms with Crippen LogP contribution in [0.25, 0.3) is 0 Å². The molecule has 3 heterocycles. The van der Waals surface area contributed by atoms with Gasteiger partial charge in [0.1, 0.15) is 0 Å². The molecule has 0 unspecified atom stereocenters. The Hall–Kier alpha value is -3.99. The van der Waals surface area contributed by atoms with Crippen molar-refractivity contribution in [2.45, 2.75) is 26.7 Å². The van der Waals surface area contributed by atoms with Gasteiger partial charge in [-0.05, 0) is 62.1 Å². The van der Waals surface area contributed by atoms with Crippen molar-refractivity contribution in [1.82, 2.24) is 15.1 Å². The number of fused-ring (bicyclic) bond motifs is 1. The number of piperidine rings is 1. The first-order valence-corrected chi connectivity index (χ1v) is 12.4. The molecule has 36 heavy (non-hydrogen) atoms. The highest BCUT2D eigenvalue weighted by Crippen LogP contribution is 2.34. The molecule has 0 spiro atoms. The van der Waals surface area contributed by atoms with Gasteiger partial charge in [-0.2, -0.15) is 0 Å². The third kappa shape index (κ3) is 5.15. The van der Waals surface area contributed by atoms with Crippen LogP contribution in [0.4, 0.5) is 11.4 Å². The van der Waals surface area contributed by atoms with E-state index >= 15 is 0 Å². The van der Waals surface area contributed by atoms with Gasteiger partial charge in [-0.25, -0.2) is 0 Å². The van der Waals surface area contributed by atoms with Crippen LogP contribution in [0.1, 0.15) is 43.6 Å². The highest BCUT2D eigenvalue weighted by atomic mass is 32.1. The quantitative estimate of drug-likeness (QED) is 0.541. The Bertz CT molecular complexity index is 1320. The van der Waals surface area contributed by atoms with Crippen molar-refractivity contribution in [3.8, 4) is 11.5 Å². The number of carbonyl (C=O) groups is 3. The van der Waals surface area contributed by atoms with E-state index in [4.69, 9.17) is 9.47 Å². The molecule has 1 saturated heterocycles. The van der Waals surface area contributed by atoms with E-state index in [-0.39, 0.29) is 41.1 Å². The number of aromatic nitrogens is 2. The lowest BCUT2D eigenvalue weighted by Gasteiger charge is -2.31. The Kier molecular flexibility index (Phi) is 6.55. The van der Waals surface area contributed by atoms with Crippen LogP contribution in [-0.2, 0) is 4.79 Å². The van der Waals surface area contributed by atoms with Crippen molar-refractivity contribution in [3.63, 3.8) is 0 Å². The van der Waals surface area contributed by atoms with E-state index in [1.54, 1.807) is 23.1 Å². The van der Waals surface area contributed by atoms with Gasteiger partial charge >= 0.3 is 0 Å². The van der Waals surface area contributed by atoms with E-state index in [0.29, 0.717) is 36.6 Å². The molecule has 2 aliphatic heterocycles. The summed E-state index contributed by atoms with van der Waals surface area (Å²) in [5.41, 5.74) is 3.41. The predicted octanol–water partition coefficient (Wildman–Crippen LogP) is 3.63. The molecule has 186 valence electrons. The summed E-state index contributed by atoms with van der Waals surface area (Å²) in [5.74, 6) is -0.0986. The van der Waals surface area contributed by atoms with Crippen LogP contribution in [0.5, 0.6) is 11.5 Å². The molecule has 3 aromatic rings. The molecule has 10 nitrogen and oxygen atoms in total. The molecule has 0 bridgehead atoms. The summed E-state index contributed by atoms with van der Waals surface area (Å²) in [5, 5.41) is 13.7. The summed E-state index contributed by atoms with van der Waals surface area (Å²) in [4.78, 5) is 40.2. The van der Waals surface area contributed by atoms with Gasteiger partial charge in [-0.3, -0.25) is 14.4 Å². The molecule has 11 heteroatoms. The number of hydrogen-bond acceptors (Lipinski definition) is 8. The zero-order valence-corrected chi connectivity index (χ0v) is 20.7. The first kappa shape index (κ1) is 23.7. The number of aryl methyl sites for hydroxylation is 2. The number of benzene rings is 2. The van der Waals surface area contributed by atoms with E-state index in [9.17, 15) is 14.4 Å². The summed E-state index contributed by atoms with van der Waals surface area (Å²) in [7, 11) is 0. The Morgan fingerprint density at radius 1 is 0.944 bits per heavy atom. The van der Waals surface area contributed by atoms with E-state index < -0.39 is 5.91 Å². The second kappa shape index (κ2) is 9.94. The zero-order chi connectivity index (χ0) is 25.2. The summed E-state index contributed by atoms with van der Waals surface area (Å²) in [6.45, 7) is 4.90. The minimum Gasteiger partial charge on any atom is -0.454 e. The lowest BCUT2D eigenvalue weighted by atomic mass is 9.97. The second-order valence-electron chi connectivity index (χ2n) is 8.89. The van der Waals surface area contributed by atoms with Gasteiger partial charge < -0.3 is 25.0 Å². The van der Waals surface area contributed by atoms with E-state index in [1.807, 2.05) is 32.0 Å². The molecule has 1 atom stereocenters. The smallest absolute Gasteiger partial charge is 0.286 e. The summed E-state index contributed by atoms with van der Waals surface area (Å²) < 4.78 is 10.6. The number of nitrogens with zero attached hydrogens (tertiary/aromatic N) is 3. The molecule has 5 rings (SSSR count). The third-order valence-corrected chi connectivity index (χ3v) is 6.91. The molecule has 2 aliphatic rings. The maximum absolute atomic E-state index is 13.1. The molecule has 1 fully saturated rings. The average Bonchev–Trinajstić information content (AvgIpc) is 3.53. The van der Waals surface area contributed by atoms with Crippen molar-refractivity contribution in [1.29, 1.82) is 0 Å². The van der Waals surface area contributed by atoms with Gasteiger partial charge in [0.2, 0.25) is 22.7 Å². The molecule has 3 amide bonds. The molecular formula is C25H25N5O5S. The Morgan fingerprint density at radius 2 is 1.69 bits per heavy atom. The summed E-state index contributed by atoms with van der Waals surface area (Å²) in [6.07, 6.45) is 1.40. The zero-order valence-electron chi connectivity index (χ0n) is 19.9. The fourth-order valence-corrected chi connectivity index (χ4v) is 5.07. The monoisotopic (exact) mass is 507 g/mol. The summed E-state index contributed by atoms with van der Waals surface area (Å²) >= 11 is 0.921. The van der Waals surface area contributed by atoms with Crippen molar-refractivity contribution < 1.29 is 23.9 Å². The lowest BCUT2D eigenvalue weighted by molar-refractivity contribution is -0.121. The molecule has 0 radical (unpaired) electrons. The first-order valence-electron chi connectivity index (χ1n) is 11.6. The fraction of sp³-hybridized carbons (Fsp3) is 0.320. The van der Waals surface area contributed by atoms with E-state index in [0.717, 1.165) is 28.2 Å². The lowest BCUT2D eigenvalue weighted by Crippen LogP contribution is -2.43. The highest BCUT2D eigenvalue weighted by Gasteiger charge is 2.31. The van der Waals surface area contributed by atoms with Gasteiger partial charge in [0, 0.05) is 30.5 Å². The van der Waals surface area contributed by atoms with Crippen LogP contribution in [0.15, 0.2) is 36.4 Å². The number of ether oxygens (including phenoxy) is 2. The molecular weight excluding hydrogens is 482 g/mol. The number of carbonyl (C=O) groups excluding carboxylic acids is 3. The predicted molar refractivity (Wildman–Crippen MR) is 134 cm³/mol. The van der Waals surface area contributed by atoms with Crippen LogP contribution in [-0.4, -0.2) is 52.7 Å². The van der Waals surface area contributed by atoms with Gasteiger partial charge in [0.15, 0.2) is 11.5 Å². The van der Waals surface area contributed by atoms with Crippen molar-refractivity contribution in [2.24, 2.45) is 5.92 Å². The SMILES string of the molecule is Cc1cc(C)cc(NC(=O)[C@H]2CCCN(C(=O)c3nnc(C(=O)Nc4ccc5c(c4)OCO5)s3)C2)c1. The number of nitrogens with one attached hydrogen (secondary N) is 2.